The number of nitrogens with zero attached hydrogens (tertiary/aromatic N) is 1. The molecule has 20 heavy (non-hydrogen) atoms. The number of hydrogen-bond acceptors (Lipinski definition) is 3. The summed E-state index contributed by atoms with van der Waals surface area (Å²) in [6.07, 6.45) is 0.355. The monoisotopic (exact) mass is 338 g/mol. The fourth-order valence-corrected chi connectivity index (χ4v) is 3.07. The van der Waals surface area contributed by atoms with Crippen LogP contribution in [0.3, 0.4) is 0 Å². The lowest BCUT2D eigenvalue weighted by Crippen LogP contribution is -2.22. The van der Waals surface area contributed by atoms with Gasteiger partial charge >= 0.3 is 0 Å². The van der Waals surface area contributed by atoms with Crippen molar-refractivity contribution in [1.29, 1.82) is 0 Å². The molecule has 1 N–H and O–H groups in total. The number of carbonyl (C=O) groups is 1. The number of anilines is 1. The molecule has 5 nitrogen and oxygen atoms in total. The minimum atomic E-state index is -3.47. The molecule has 1 amide bonds. The Morgan fingerprint density at radius 3 is 2.55 bits per heavy atom. The lowest BCUT2D eigenvalue weighted by atomic mass is 10.2. The van der Waals surface area contributed by atoms with Crippen molar-refractivity contribution >= 4 is 44.8 Å². The van der Waals surface area contributed by atoms with Crippen molar-refractivity contribution in [3.05, 3.63) is 28.8 Å². The molecule has 0 atom stereocenters. The summed E-state index contributed by atoms with van der Waals surface area (Å²) in [5, 5.41) is 0.271. The molecule has 0 bridgehead atoms. The normalized spacial score (nSPS) is 11.2. The lowest BCUT2D eigenvalue weighted by Gasteiger charge is -2.13. The molecule has 0 aliphatic heterocycles. The van der Waals surface area contributed by atoms with Crippen molar-refractivity contribution in [3.8, 4) is 0 Å². The van der Waals surface area contributed by atoms with Gasteiger partial charge in [0.15, 0.2) is 0 Å². The molecule has 0 heterocycles. The van der Waals surface area contributed by atoms with Crippen LogP contribution in [-0.4, -0.2) is 45.0 Å². The fourth-order valence-electron chi connectivity index (χ4n) is 1.47. The van der Waals surface area contributed by atoms with Crippen LogP contribution >= 0.6 is 23.2 Å². The Hall–Kier alpha value is -0.980. The zero-order valence-electron chi connectivity index (χ0n) is 11.2. The molecule has 0 fully saturated rings. The molecule has 1 rings (SSSR count). The predicted octanol–water partition coefficient (Wildman–Crippen LogP) is 2.41. The molecule has 0 radical (unpaired) electrons. The van der Waals surface area contributed by atoms with E-state index < -0.39 is 10.0 Å². The van der Waals surface area contributed by atoms with Gasteiger partial charge in [-0.1, -0.05) is 11.6 Å². The van der Waals surface area contributed by atoms with Crippen molar-refractivity contribution < 1.29 is 13.2 Å². The summed E-state index contributed by atoms with van der Waals surface area (Å²) in [5.41, 5.74) is 0.545. The maximum atomic E-state index is 11.9. The second kappa shape index (κ2) is 7.15. The van der Waals surface area contributed by atoms with Crippen LogP contribution in [0.1, 0.15) is 16.8 Å². The van der Waals surface area contributed by atoms with Crippen LogP contribution in [-0.2, 0) is 10.0 Å². The Morgan fingerprint density at radius 2 is 2.00 bits per heavy atom. The summed E-state index contributed by atoms with van der Waals surface area (Å²) in [6.45, 7) is 0. The van der Waals surface area contributed by atoms with Gasteiger partial charge in [0.2, 0.25) is 10.0 Å². The summed E-state index contributed by atoms with van der Waals surface area (Å²) in [7, 11) is -0.288. The number of amides is 1. The van der Waals surface area contributed by atoms with Gasteiger partial charge in [-0.3, -0.25) is 9.52 Å². The molecule has 8 heteroatoms. The number of hydrogen-bond donors (Lipinski definition) is 1. The molecule has 1 aromatic carbocycles. The first-order valence-corrected chi connectivity index (χ1v) is 8.41. The van der Waals surface area contributed by atoms with E-state index in [-0.39, 0.29) is 28.1 Å². The molecule has 0 unspecified atom stereocenters. The summed E-state index contributed by atoms with van der Waals surface area (Å²) >= 11 is 11.4. The average molecular weight is 339 g/mol. The number of benzene rings is 1. The third-order valence-corrected chi connectivity index (χ3v) is 4.39. The lowest BCUT2D eigenvalue weighted by molar-refractivity contribution is 0.0828. The first-order chi connectivity index (χ1) is 9.26. The molecule has 0 aliphatic carbocycles. The van der Waals surface area contributed by atoms with Gasteiger partial charge in [0.25, 0.3) is 5.91 Å². The number of rotatable bonds is 6. The predicted molar refractivity (Wildman–Crippen MR) is 82.2 cm³/mol. The van der Waals surface area contributed by atoms with E-state index in [1.165, 1.54) is 23.1 Å². The van der Waals surface area contributed by atoms with Crippen molar-refractivity contribution in [3.63, 3.8) is 0 Å². The van der Waals surface area contributed by atoms with Gasteiger partial charge in [-0.25, -0.2) is 8.42 Å². The molecule has 0 aromatic heterocycles. The topological polar surface area (TPSA) is 66.5 Å². The Morgan fingerprint density at radius 1 is 1.35 bits per heavy atom. The zero-order chi connectivity index (χ0) is 15.3. The highest BCUT2D eigenvalue weighted by molar-refractivity contribution is 7.92. The van der Waals surface area contributed by atoms with Gasteiger partial charge in [-0.15, -0.1) is 11.6 Å². The second-order valence-electron chi connectivity index (χ2n) is 4.36. The Labute approximate surface area is 128 Å². The maximum Gasteiger partial charge on any atom is 0.254 e. The molecule has 0 saturated heterocycles. The fraction of sp³-hybridized carbons (Fsp3) is 0.417. The molecule has 0 aliphatic rings. The van der Waals surface area contributed by atoms with Gasteiger partial charge in [0.1, 0.15) is 0 Å². The largest absolute Gasteiger partial charge is 0.345 e. The van der Waals surface area contributed by atoms with Crippen LogP contribution in [0.25, 0.3) is 0 Å². The first kappa shape index (κ1) is 17.1. The highest BCUT2D eigenvalue weighted by Crippen LogP contribution is 2.22. The van der Waals surface area contributed by atoms with E-state index in [2.05, 4.69) is 4.72 Å². The van der Waals surface area contributed by atoms with Crippen LogP contribution in [0.5, 0.6) is 0 Å². The van der Waals surface area contributed by atoms with E-state index in [0.717, 1.165) is 0 Å². The molecule has 1 aromatic rings. The van der Waals surface area contributed by atoms with E-state index in [9.17, 15) is 13.2 Å². The quantitative estimate of drug-likeness (QED) is 0.810. The Kier molecular flexibility index (Phi) is 6.10. The van der Waals surface area contributed by atoms with Gasteiger partial charge < -0.3 is 4.90 Å². The van der Waals surface area contributed by atoms with E-state index in [1.54, 1.807) is 14.1 Å². The van der Waals surface area contributed by atoms with E-state index in [1.807, 2.05) is 0 Å². The van der Waals surface area contributed by atoms with Crippen LogP contribution in [0.4, 0.5) is 5.69 Å². The SMILES string of the molecule is CN(C)C(=O)c1cc(NS(=O)(=O)CCCCl)ccc1Cl. The van der Waals surface area contributed by atoms with Gasteiger partial charge in [0, 0.05) is 25.7 Å². The zero-order valence-corrected chi connectivity index (χ0v) is 13.5. The summed E-state index contributed by atoms with van der Waals surface area (Å²) < 4.78 is 25.9. The smallest absolute Gasteiger partial charge is 0.254 e. The van der Waals surface area contributed by atoms with Crippen molar-refractivity contribution in [1.82, 2.24) is 4.90 Å². The molecular weight excluding hydrogens is 323 g/mol. The number of halogens is 2. The van der Waals surface area contributed by atoms with E-state index in [4.69, 9.17) is 23.2 Å². The highest BCUT2D eigenvalue weighted by Gasteiger charge is 2.15. The number of carbonyl (C=O) groups excluding carboxylic acids is 1. The molecular formula is C12H16Cl2N2O3S. The minimum Gasteiger partial charge on any atom is -0.345 e. The third-order valence-electron chi connectivity index (χ3n) is 2.42. The van der Waals surface area contributed by atoms with Crippen LogP contribution in [0, 0.1) is 0 Å². The summed E-state index contributed by atoms with van der Waals surface area (Å²) in [5.74, 6) is -0.0982. The average Bonchev–Trinajstić information content (AvgIpc) is 2.37. The molecule has 112 valence electrons. The molecule has 0 saturated carbocycles. The number of nitrogens with one attached hydrogen (secondary N) is 1. The van der Waals surface area contributed by atoms with Crippen LogP contribution in [0.15, 0.2) is 18.2 Å². The summed E-state index contributed by atoms with van der Waals surface area (Å²) in [6, 6.07) is 4.41. The first-order valence-electron chi connectivity index (χ1n) is 5.84. The van der Waals surface area contributed by atoms with Crippen molar-refractivity contribution in [2.24, 2.45) is 0 Å². The molecule has 0 spiro atoms. The Bertz CT molecular complexity index is 588. The third kappa shape index (κ3) is 4.85. The van der Waals surface area contributed by atoms with E-state index >= 15 is 0 Å². The number of alkyl halides is 1. The van der Waals surface area contributed by atoms with Crippen molar-refractivity contribution in [2.45, 2.75) is 6.42 Å². The van der Waals surface area contributed by atoms with E-state index in [0.29, 0.717) is 12.1 Å². The van der Waals surface area contributed by atoms with Gasteiger partial charge in [-0.05, 0) is 24.6 Å². The van der Waals surface area contributed by atoms with Gasteiger partial charge in [-0.2, -0.15) is 0 Å². The van der Waals surface area contributed by atoms with Crippen molar-refractivity contribution in [2.75, 3.05) is 30.5 Å². The minimum absolute atomic E-state index is 0.0733. The standard InChI is InChI=1S/C12H16Cl2N2O3S/c1-16(2)12(17)10-8-9(4-5-11(10)14)15-20(18,19)7-3-6-13/h4-5,8,15H,3,6-7H2,1-2H3. The second-order valence-corrected chi connectivity index (χ2v) is 6.98. The van der Waals surface area contributed by atoms with Crippen LogP contribution in [0.2, 0.25) is 5.02 Å². The highest BCUT2D eigenvalue weighted by atomic mass is 35.5. The maximum absolute atomic E-state index is 11.9. The van der Waals surface area contributed by atoms with Gasteiger partial charge in [0.05, 0.1) is 16.3 Å². The summed E-state index contributed by atoms with van der Waals surface area (Å²) in [4.78, 5) is 13.3. The van der Waals surface area contributed by atoms with Crippen LogP contribution < -0.4 is 4.72 Å². The Balaban J connectivity index is 2.99. The number of sulfonamides is 1.